The van der Waals surface area contributed by atoms with Crippen LogP contribution in [0.5, 0.6) is 0 Å². The van der Waals surface area contributed by atoms with Crippen molar-refractivity contribution in [1.29, 1.82) is 0 Å². The van der Waals surface area contributed by atoms with Gasteiger partial charge in [-0.25, -0.2) is 57.9 Å². The molecule has 4 unspecified atom stereocenters. The van der Waals surface area contributed by atoms with Crippen LogP contribution < -0.4 is 16.8 Å². The predicted octanol–water partition coefficient (Wildman–Crippen LogP) is 4.99. The van der Waals surface area contributed by atoms with E-state index in [1.54, 1.807) is 4.31 Å². The van der Waals surface area contributed by atoms with Gasteiger partial charge in [-0.15, -0.1) is 0 Å². The Balaban J connectivity index is 0.000000162. The predicted molar refractivity (Wildman–Crippen MR) is 233 cm³/mol. The summed E-state index contributed by atoms with van der Waals surface area (Å²) in [6.45, 7) is 3.25. The Labute approximate surface area is 389 Å². The van der Waals surface area contributed by atoms with E-state index in [1.165, 1.54) is 51.8 Å². The summed E-state index contributed by atoms with van der Waals surface area (Å²) >= 11 is 6.25. The van der Waals surface area contributed by atoms with Crippen molar-refractivity contribution in [2.45, 2.75) is 38.5 Å². The number of hydrogen-bond acceptors (Lipinski definition) is 17. The maximum atomic E-state index is 13.6. The number of benzene rings is 2. The third-order valence-electron chi connectivity index (χ3n) is 12.1. The van der Waals surface area contributed by atoms with E-state index >= 15 is 0 Å². The Morgan fingerprint density at radius 2 is 1.08 bits per heavy atom. The normalized spacial score (nSPS) is 22.9. The molecule has 0 bridgehead atoms. The van der Waals surface area contributed by atoms with E-state index in [0.29, 0.717) is 72.1 Å². The highest BCUT2D eigenvalue weighted by Gasteiger charge is 2.44. The van der Waals surface area contributed by atoms with Crippen molar-refractivity contribution in [2.75, 3.05) is 38.7 Å². The molecule has 2 aromatic carbocycles. The molecule has 4 aromatic heterocycles. The first kappa shape index (κ1) is 47.0. The number of rotatable bonds is 9. The first-order valence-electron chi connectivity index (χ1n) is 20.1. The largest absolute Gasteiger partial charge is 0.446 e. The zero-order valence-corrected chi connectivity index (χ0v) is 39.9. The van der Waals surface area contributed by atoms with Gasteiger partial charge in [-0.3, -0.25) is 9.05 Å². The summed E-state index contributed by atoms with van der Waals surface area (Å²) in [6, 6.07) is 8.31. The van der Waals surface area contributed by atoms with Crippen LogP contribution in [-0.2, 0) is 31.9 Å². The lowest BCUT2D eigenvalue weighted by Gasteiger charge is -2.16. The Hall–Kier alpha value is -4.47. The number of halogens is 5. The molecule has 0 radical (unpaired) electrons. The third kappa shape index (κ3) is 10.7. The van der Waals surface area contributed by atoms with Crippen LogP contribution in [0, 0.1) is 47.1 Å². The molecule has 10 rings (SSSR count). The summed E-state index contributed by atoms with van der Waals surface area (Å²) in [4.78, 5) is 24.6. The minimum Gasteiger partial charge on any atom is -0.316 e. The van der Waals surface area contributed by atoms with E-state index in [-0.39, 0.29) is 32.2 Å². The number of hydrogen-bond donors (Lipinski definition) is 1. The average Bonchev–Trinajstić information content (AvgIpc) is 4.07. The topological polar surface area (TPSA) is 257 Å². The molecule has 2 saturated heterocycles. The highest BCUT2D eigenvalue weighted by Crippen LogP contribution is 2.44. The Morgan fingerprint density at radius 3 is 1.46 bits per heavy atom. The van der Waals surface area contributed by atoms with Gasteiger partial charge < -0.3 is 5.32 Å². The molecule has 0 amide bonds. The lowest BCUT2D eigenvalue weighted by Crippen LogP contribution is -2.28. The second-order valence-electron chi connectivity index (χ2n) is 16.6. The molecule has 2 aliphatic heterocycles. The maximum Gasteiger partial charge on any atom is 0.446 e. The molecule has 27 heteroatoms. The summed E-state index contributed by atoms with van der Waals surface area (Å²) in [6.07, 6.45) is 7.46. The number of fused-ring (bicyclic) bond motifs is 2. The standard InChI is InChI=1S/C19H19BrFN5O5S.C18H17BrFN5O3.CH3ClO2S/c1-32(28,29)25-8-11-4-10(5-12(11)9-25)6-16-17(23-31-22-16)18-24-30-19(27)26(18)13-2-3-15(21)14(20)7-13;19-13-6-12(1-2-14(13)20)25-17(24-27-18(25)26)16-15(22-28-23-16)5-9-3-10-7-21-8-11(10)4-9;1-5(2,3)4/h2-3,7,10-12H,4-6,8-9H2,1H3;1-2,6,9-11,21H,3-5,7-8H2;1H3. The summed E-state index contributed by atoms with van der Waals surface area (Å²) in [5.74, 6) is 0.826. The van der Waals surface area contributed by atoms with Gasteiger partial charge in [0.2, 0.25) is 30.7 Å². The number of nitrogens with zero attached hydrogens (tertiary/aromatic N) is 9. The van der Waals surface area contributed by atoms with Crippen molar-refractivity contribution in [3.8, 4) is 34.4 Å². The minimum atomic E-state index is -3.19. The Bertz CT molecular complexity index is 3020. The van der Waals surface area contributed by atoms with Crippen molar-refractivity contribution in [2.24, 2.45) is 35.5 Å². The fourth-order valence-electron chi connectivity index (χ4n) is 9.35. The summed E-state index contributed by atoms with van der Waals surface area (Å²) in [5, 5.41) is 27.2. The zero-order chi connectivity index (χ0) is 46.4. The first-order chi connectivity index (χ1) is 30.8. The third-order valence-corrected chi connectivity index (χ3v) is 14.5. The first-order valence-corrected chi connectivity index (χ1v) is 26.2. The van der Waals surface area contributed by atoms with E-state index in [9.17, 15) is 35.2 Å². The molecule has 2 saturated carbocycles. The number of sulfonamides is 1. The molecule has 4 aliphatic rings. The highest BCUT2D eigenvalue weighted by molar-refractivity contribution is 9.10. The van der Waals surface area contributed by atoms with Crippen LogP contribution in [0.15, 0.2) is 73.2 Å². The lowest BCUT2D eigenvalue weighted by atomic mass is 9.98. The van der Waals surface area contributed by atoms with Crippen molar-refractivity contribution in [3.05, 3.63) is 89.5 Å². The molecule has 2 aliphatic carbocycles. The monoisotopic (exact) mass is 1090 g/mol. The van der Waals surface area contributed by atoms with Gasteiger partial charge in [0.25, 0.3) is 0 Å². The van der Waals surface area contributed by atoms with E-state index < -0.39 is 42.2 Å². The molecular formula is C38H39Br2ClF2N10O10S2. The van der Waals surface area contributed by atoms with Crippen LogP contribution in [0.25, 0.3) is 34.4 Å². The van der Waals surface area contributed by atoms with Crippen LogP contribution >= 0.6 is 42.5 Å². The molecule has 6 heterocycles. The van der Waals surface area contributed by atoms with E-state index in [1.807, 2.05) is 0 Å². The number of nitrogens with one attached hydrogen (secondary N) is 1. The molecule has 0 spiro atoms. The average molecular weight is 1090 g/mol. The van der Waals surface area contributed by atoms with Crippen LogP contribution in [-0.4, -0.2) is 99.9 Å². The van der Waals surface area contributed by atoms with Crippen LogP contribution in [0.3, 0.4) is 0 Å². The van der Waals surface area contributed by atoms with Crippen molar-refractivity contribution >= 4 is 61.6 Å². The molecule has 1 N–H and O–H groups in total. The summed E-state index contributed by atoms with van der Waals surface area (Å²) in [5.41, 5.74) is 2.61. The van der Waals surface area contributed by atoms with E-state index in [0.717, 1.165) is 56.9 Å². The van der Waals surface area contributed by atoms with Gasteiger partial charge in [0.05, 0.1) is 32.8 Å². The molecule has 348 valence electrons. The van der Waals surface area contributed by atoms with Crippen molar-refractivity contribution in [1.82, 2.24) is 49.7 Å². The lowest BCUT2D eigenvalue weighted by molar-refractivity contribution is 0.301. The van der Waals surface area contributed by atoms with Gasteiger partial charge in [0.15, 0.2) is 11.4 Å². The summed E-state index contributed by atoms with van der Waals surface area (Å²) < 4.78 is 93.7. The Kier molecular flexibility index (Phi) is 13.8. The van der Waals surface area contributed by atoms with Gasteiger partial charge in [-0.1, -0.05) is 20.6 Å². The van der Waals surface area contributed by atoms with Crippen LogP contribution in [0.2, 0.25) is 0 Å². The molecule has 6 aromatic rings. The smallest absolute Gasteiger partial charge is 0.316 e. The van der Waals surface area contributed by atoms with Gasteiger partial charge >= 0.3 is 11.5 Å². The van der Waals surface area contributed by atoms with Crippen molar-refractivity contribution in [3.63, 3.8) is 0 Å². The summed E-state index contributed by atoms with van der Waals surface area (Å²) in [7, 11) is -1.86. The zero-order valence-electron chi connectivity index (χ0n) is 34.3. The fourth-order valence-corrected chi connectivity index (χ4v) is 11.0. The van der Waals surface area contributed by atoms with E-state index in [2.05, 4.69) is 78.8 Å². The second kappa shape index (κ2) is 19.0. The van der Waals surface area contributed by atoms with Crippen LogP contribution in [0.1, 0.15) is 37.1 Å². The van der Waals surface area contributed by atoms with Gasteiger partial charge in [-0.05, 0) is 166 Å². The van der Waals surface area contributed by atoms with Crippen molar-refractivity contribution < 1.29 is 43.9 Å². The quantitative estimate of drug-likeness (QED) is 0.187. The van der Waals surface area contributed by atoms with E-state index in [4.69, 9.17) is 18.3 Å². The number of aromatic nitrogens is 8. The van der Waals surface area contributed by atoms with Gasteiger partial charge in [-0.2, -0.15) is 0 Å². The fraction of sp³-hybridized carbons (Fsp3) is 0.474. The highest BCUT2D eigenvalue weighted by atomic mass is 79.9. The molecule has 20 nitrogen and oxygen atoms in total. The van der Waals surface area contributed by atoms with Gasteiger partial charge in [0, 0.05) is 23.8 Å². The maximum absolute atomic E-state index is 13.6. The molecular weight excluding hydrogens is 1050 g/mol. The molecule has 4 fully saturated rings. The Morgan fingerprint density at radius 1 is 0.677 bits per heavy atom. The van der Waals surface area contributed by atoms with Crippen LogP contribution in [0.4, 0.5) is 8.78 Å². The molecule has 65 heavy (non-hydrogen) atoms. The molecule has 4 atom stereocenters. The second-order valence-corrected chi connectivity index (χ2v) is 23.3. The SMILES string of the molecule is CS(=O)(=O)Cl.CS(=O)(=O)N1CC2CC(Cc3nonc3-c3noc(=O)n3-c3ccc(F)c(Br)c3)CC2C1.O=c1onc(-c2nonc2CC2CC3CNCC3C2)n1-c1ccc(F)c(Br)c1. The minimum absolute atomic E-state index is 0.117. The van der Waals surface area contributed by atoms with Gasteiger partial charge in [0.1, 0.15) is 23.0 Å².